The van der Waals surface area contributed by atoms with Gasteiger partial charge in [-0.15, -0.1) is 12.4 Å². The lowest BCUT2D eigenvalue weighted by Crippen LogP contribution is -2.47. The van der Waals surface area contributed by atoms with Gasteiger partial charge in [0.25, 0.3) is 5.91 Å². The number of ether oxygens (including phenoxy) is 1. The highest BCUT2D eigenvalue weighted by Crippen LogP contribution is 2.29. The highest BCUT2D eigenvalue weighted by Gasteiger charge is 2.33. The first-order chi connectivity index (χ1) is 11.5. The Bertz CT molecular complexity index is 736. The van der Waals surface area contributed by atoms with Gasteiger partial charge in [-0.1, -0.05) is 0 Å². The largest absolute Gasteiger partial charge is 0.451 e. The zero-order valence-corrected chi connectivity index (χ0v) is 15.3. The molecule has 0 saturated carbocycles. The van der Waals surface area contributed by atoms with E-state index in [1.54, 1.807) is 20.1 Å². The van der Waals surface area contributed by atoms with Crippen molar-refractivity contribution in [2.45, 2.75) is 19.8 Å². The summed E-state index contributed by atoms with van der Waals surface area (Å²) in [4.78, 5) is 12.6. The van der Waals surface area contributed by atoms with Gasteiger partial charge in [-0.3, -0.25) is 4.79 Å². The average Bonchev–Trinajstić information content (AvgIpc) is 2.91. The van der Waals surface area contributed by atoms with E-state index in [-0.39, 0.29) is 35.3 Å². The molecule has 5 nitrogen and oxygen atoms in total. The van der Waals surface area contributed by atoms with Crippen LogP contribution in [0.5, 0.6) is 0 Å². The molecule has 25 heavy (non-hydrogen) atoms. The van der Waals surface area contributed by atoms with Crippen LogP contribution in [0.15, 0.2) is 22.6 Å². The number of halogens is 2. The quantitative estimate of drug-likeness (QED) is 0.849. The number of benzene rings is 1. The maximum Gasteiger partial charge on any atom is 0.287 e. The predicted molar refractivity (Wildman–Crippen MR) is 96.9 cm³/mol. The molecule has 0 aliphatic carbocycles. The lowest BCUT2D eigenvalue weighted by atomic mass is 9.79. The summed E-state index contributed by atoms with van der Waals surface area (Å²) in [5.74, 6) is -0.359. The first-order valence-electron chi connectivity index (χ1n) is 8.21. The van der Waals surface area contributed by atoms with Crippen LogP contribution in [-0.4, -0.2) is 39.3 Å². The summed E-state index contributed by atoms with van der Waals surface area (Å²) in [6.07, 6.45) is 1.90. The molecule has 1 aromatic heterocycles. The summed E-state index contributed by atoms with van der Waals surface area (Å²) >= 11 is 0. The van der Waals surface area contributed by atoms with E-state index in [1.165, 1.54) is 12.1 Å². The molecule has 1 aromatic carbocycles. The van der Waals surface area contributed by atoms with Gasteiger partial charge in [0, 0.05) is 30.0 Å². The zero-order valence-electron chi connectivity index (χ0n) is 14.5. The smallest absolute Gasteiger partial charge is 0.287 e. The van der Waals surface area contributed by atoms with Gasteiger partial charge in [0.15, 0.2) is 5.76 Å². The standard InChI is InChI=1S/C18H23FN2O3.ClH/c1-12-14-9-13(19)3-4-15(14)24-16(12)17(22)21-10-18(11-23-2)5-7-20-8-6-18;/h3-4,9,20H,5-8,10-11H2,1-2H3,(H,21,22);1H. The van der Waals surface area contributed by atoms with E-state index in [9.17, 15) is 9.18 Å². The third kappa shape index (κ3) is 4.14. The molecular formula is C18H24ClFN2O3. The Morgan fingerprint density at radius 3 is 2.80 bits per heavy atom. The van der Waals surface area contributed by atoms with Gasteiger partial charge >= 0.3 is 0 Å². The molecule has 138 valence electrons. The second-order valence-corrected chi connectivity index (χ2v) is 6.56. The van der Waals surface area contributed by atoms with E-state index in [0.29, 0.717) is 29.7 Å². The Morgan fingerprint density at radius 1 is 1.40 bits per heavy atom. The van der Waals surface area contributed by atoms with E-state index in [0.717, 1.165) is 25.9 Å². The first-order valence-corrected chi connectivity index (χ1v) is 8.21. The minimum absolute atomic E-state index is 0. The number of piperidine rings is 1. The molecule has 2 heterocycles. The SMILES string of the molecule is COCC1(CNC(=O)c2oc3ccc(F)cc3c2C)CCNCC1.Cl. The molecule has 0 radical (unpaired) electrons. The summed E-state index contributed by atoms with van der Waals surface area (Å²) in [6, 6.07) is 4.27. The minimum Gasteiger partial charge on any atom is -0.451 e. The van der Waals surface area contributed by atoms with E-state index in [2.05, 4.69) is 10.6 Å². The molecular weight excluding hydrogens is 347 g/mol. The number of fused-ring (bicyclic) bond motifs is 1. The summed E-state index contributed by atoms with van der Waals surface area (Å²) in [5.41, 5.74) is 1.13. The normalized spacial score (nSPS) is 16.4. The van der Waals surface area contributed by atoms with Gasteiger partial charge in [0.2, 0.25) is 0 Å². The van der Waals surface area contributed by atoms with E-state index >= 15 is 0 Å². The molecule has 2 N–H and O–H groups in total. The van der Waals surface area contributed by atoms with Crippen molar-refractivity contribution < 1.29 is 18.3 Å². The summed E-state index contributed by atoms with van der Waals surface area (Å²) in [7, 11) is 1.68. The second-order valence-electron chi connectivity index (χ2n) is 6.56. The number of nitrogens with one attached hydrogen (secondary N) is 2. The Morgan fingerprint density at radius 2 is 2.12 bits per heavy atom. The van der Waals surface area contributed by atoms with Crippen molar-refractivity contribution in [3.63, 3.8) is 0 Å². The molecule has 0 bridgehead atoms. The molecule has 2 aromatic rings. The maximum atomic E-state index is 13.4. The number of furan rings is 1. The first kappa shape index (κ1) is 19.7. The van der Waals surface area contributed by atoms with Crippen molar-refractivity contribution in [3.05, 3.63) is 35.3 Å². The van der Waals surface area contributed by atoms with Crippen molar-refractivity contribution >= 4 is 29.3 Å². The third-order valence-electron chi connectivity index (χ3n) is 4.84. The lowest BCUT2D eigenvalue weighted by molar-refractivity contribution is 0.0506. The van der Waals surface area contributed by atoms with Crippen molar-refractivity contribution in [1.82, 2.24) is 10.6 Å². The van der Waals surface area contributed by atoms with Gasteiger partial charge in [-0.25, -0.2) is 4.39 Å². The minimum atomic E-state index is -0.341. The van der Waals surface area contributed by atoms with Crippen LogP contribution in [0.25, 0.3) is 11.0 Å². The fourth-order valence-corrected chi connectivity index (χ4v) is 3.39. The third-order valence-corrected chi connectivity index (χ3v) is 4.84. The Kier molecular flexibility index (Phi) is 6.43. The Labute approximate surface area is 152 Å². The van der Waals surface area contributed by atoms with Gasteiger partial charge in [0.05, 0.1) is 6.61 Å². The molecule has 3 rings (SSSR count). The monoisotopic (exact) mass is 370 g/mol. The highest BCUT2D eigenvalue weighted by atomic mass is 35.5. The number of amides is 1. The molecule has 0 spiro atoms. The second kappa shape index (κ2) is 8.17. The maximum absolute atomic E-state index is 13.4. The van der Waals surface area contributed by atoms with E-state index in [4.69, 9.17) is 9.15 Å². The summed E-state index contributed by atoms with van der Waals surface area (Å²) in [5, 5.41) is 6.94. The molecule has 0 atom stereocenters. The van der Waals surface area contributed by atoms with Crippen LogP contribution in [0, 0.1) is 18.2 Å². The van der Waals surface area contributed by atoms with Crippen LogP contribution in [-0.2, 0) is 4.74 Å². The van der Waals surface area contributed by atoms with Crippen LogP contribution >= 0.6 is 12.4 Å². The molecule has 1 aliphatic rings. The van der Waals surface area contributed by atoms with Gasteiger partial charge in [0.1, 0.15) is 11.4 Å². The number of methoxy groups -OCH3 is 1. The van der Waals surface area contributed by atoms with Gasteiger partial charge in [-0.05, 0) is 51.1 Å². The Balaban J connectivity index is 0.00000225. The van der Waals surface area contributed by atoms with E-state index < -0.39 is 0 Å². The van der Waals surface area contributed by atoms with Crippen LogP contribution in [0.1, 0.15) is 29.0 Å². The number of carbonyl (C=O) groups excluding carboxylic acids is 1. The summed E-state index contributed by atoms with van der Waals surface area (Å²) < 4.78 is 24.4. The van der Waals surface area contributed by atoms with Crippen LogP contribution in [0.3, 0.4) is 0 Å². The topological polar surface area (TPSA) is 63.5 Å². The van der Waals surface area contributed by atoms with E-state index in [1.807, 2.05) is 0 Å². The van der Waals surface area contributed by atoms with Crippen molar-refractivity contribution in [1.29, 1.82) is 0 Å². The highest BCUT2D eigenvalue weighted by molar-refractivity contribution is 5.98. The predicted octanol–water partition coefficient (Wildman–Crippen LogP) is 3.05. The fourth-order valence-electron chi connectivity index (χ4n) is 3.39. The number of rotatable bonds is 5. The number of hydrogen-bond donors (Lipinski definition) is 2. The zero-order chi connectivity index (χ0) is 17.2. The molecule has 7 heteroatoms. The summed E-state index contributed by atoms with van der Waals surface area (Å²) in [6.45, 7) is 4.76. The fraction of sp³-hybridized carbons (Fsp3) is 0.500. The molecule has 1 amide bonds. The number of hydrogen-bond acceptors (Lipinski definition) is 4. The van der Waals surface area contributed by atoms with Crippen molar-refractivity contribution in [2.24, 2.45) is 5.41 Å². The number of carbonyl (C=O) groups is 1. The van der Waals surface area contributed by atoms with Crippen LogP contribution in [0.2, 0.25) is 0 Å². The van der Waals surface area contributed by atoms with Crippen molar-refractivity contribution in [2.75, 3.05) is 33.4 Å². The van der Waals surface area contributed by atoms with Gasteiger partial charge < -0.3 is 19.8 Å². The van der Waals surface area contributed by atoms with Crippen molar-refractivity contribution in [3.8, 4) is 0 Å². The average molecular weight is 371 g/mol. The molecule has 1 aliphatic heterocycles. The molecule has 0 unspecified atom stereocenters. The molecule has 1 fully saturated rings. The molecule has 1 saturated heterocycles. The Hall–Kier alpha value is -1.63. The van der Waals surface area contributed by atoms with Gasteiger partial charge in [-0.2, -0.15) is 0 Å². The van der Waals surface area contributed by atoms with Crippen LogP contribution in [0.4, 0.5) is 4.39 Å². The number of aryl methyl sites for hydroxylation is 1. The van der Waals surface area contributed by atoms with Crippen LogP contribution < -0.4 is 10.6 Å². The lowest BCUT2D eigenvalue weighted by Gasteiger charge is -2.37.